The van der Waals surface area contributed by atoms with Crippen LogP contribution in [0.25, 0.3) is 5.65 Å². The van der Waals surface area contributed by atoms with Crippen LogP contribution in [-0.2, 0) is 6.54 Å². The van der Waals surface area contributed by atoms with E-state index in [-0.39, 0.29) is 0 Å². The number of aliphatic imine (C=N–C) groups is 1. The number of aryl methyl sites for hydroxylation is 1. The van der Waals surface area contributed by atoms with Crippen molar-refractivity contribution in [2.45, 2.75) is 53.2 Å². The first kappa shape index (κ1) is 18.7. The van der Waals surface area contributed by atoms with Crippen molar-refractivity contribution in [2.24, 2.45) is 10.9 Å². The fourth-order valence-electron chi connectivity index (χ4n) is 3.48. The molecule has 3 heterocycles. The normalized spacial score (nSPS) is 21.7. The van der Waals surface area contributed by atoms with Crippen molar-refractivity contribution < 1.29 is 0 Å². The lowest BCUT2D eigenvalue weighted by Gasteiger charge is -2.21. The van der Waals surface area contributed by atoms with Gasteiger partial charge in [0.15, 0.2) is 5.96 Å². The minimum atomic E-state index is 0.430. The molecule has 0 amide bonds. The van der Waals surface area contributed by atoms with Gasteiger partial charge in [-0.05, 0) is 51.3 Å². The van der Waals surface area contributed by atoms with Crippen LogP contribution in [-0.4, -0.2) is 52.0 Å². The molecule has 2 unspecified atom stereocenters. The molecule has 2 aromatic heterocycles. The molecule has 2 aromatic rings. The summed E-state index contributed by atoms with van der Waals surface area (Å²) in [6.07, 6.45) is 4.11. The standard InChI is InChI=1S/C20H32N6/c1-6-21-20(24-18-13-26(14(2)3)11-16(18)5)22-10-17-12-25-8-7-15(4)9-19(25)23-17/h7-9,12,14,16,18H,6,10-11,13H2,1-5H3,(H2,21,22,24). The minimum absolute atomic E-state index is 0.430. The highest BCUT2D eigenvalue weighted by atomic mass is 15.3. The van der Waals surface area contributed by atoms with Gasteiger partial charge in [-0.1, -0.05) is 6.92 Å². The molecule has 1 fully saturated rings. The van der Waals surface area contributed by atoms with Gasteiger partial charge in [0.05, 0.1) is 12.2 Å². The van der Waals surface area contributed by atoms with Crippen molar-refractivity contribution in [3.8, 4) is 0 Å². The Balaban J connectivity index is 1.68. The number of likely N-dealkylation sites (tertiary alicyclic amines) is 1. The summed E-state index contributed by atoms with van der Waals surface area (Å²) < 4.78 is 2.05. The van der Waals surface area contributed by atoms with Crippen molar-refractivity contribution in [3.63, 3.8) is 0 Å². The van der Waals surface area contributed by atoms with Gasteiger partial charge in [0.1, 0.15) is 5.65 Å². The van der Waals surface area contributed by atoms with Gasteiger partial charge in [0, 0.05) is 44.1 Å². The first-order valence-electron chi connectivity index (χ1n) is 9.69. The van der Waals surface area contributed by atoms with E-state index in [9.17, 15) is 0 Å². The Morgan fingerprint density at radius 1 is 1.38 bits per heavy atom. The van der Waals surface area contributed by atoms with Crippen LogP contribution in [0.5, 0.6) is 0 Å². The van der Waals surface area contributed by atoms with Crippen LogP contribution >= 0.6 is 0 Å². The molecule has 142 valence electrons. The Bertz CT molecular complexity index is 763. The zero-order chi connectivity index (χ0) is 18.7. The number of nitrogens with one attached hydrogen (secondary N) is 2. The predicted octanol–water partition coefficient (Wildman–Crippen LogP) is 2.43. The summed E-state index contributed by atoms with van der Waals surface area (Å²) in [5.74, 6) is 1.49. The Kier molecular flexibility index (Phi) is 5.81. The lowest BCUT2D eigenvalue weighted by molar-refractivity contribution is 0.265. The fourth-order valence-corrected chi connectivity index (χ4v) is 3.48. The maximum Gasteiger partial charge on any atom is 0.191 e. The highest BCUT2D eigenvalue weighted by molar-refractivity contribution is 5.80. The molecule has 6 nitrogen and oxygen atoms in total. The largest absolute Gasteiger partial charge is 0.357 e. The molecule has 1 aliphatic heterocycles. The van der Waals surface area contributed by atoms with E-state index < -0.39 is 0 Å². The second-order valence-corrected chi connectivity index (χ2v) is 7.67. The monoisotopic (exact) mass is 356 g/mol. The zero-order valence-corrected chi connectivity index (χ0v) is 16.7. The molecule has 1 aliphatic rings. The minimum Gasteiger partial charge on any atom is -0.357 e. The van der Waals surface area contributed by atoms with E-state index in [0.717, 1.165) is 36.9 Å². The molecule has 3 rings (SSSR count). The summed E-state index contributed by atoms with van der Waals surface area (Å²) >= 11 is 0. The molecular weight excluding hydrogens is 324 g/mol. The van der Waals surface area contributed by atoms with Crippen LogP contribution in [0.15, 0.2) is 29.5 Å². The van der Waals surface area contributed by atoms with E-state index >= 15 is 0 Å². The lowest BCUT2D eigenvalue weighted by atomic mass is 10.1. The van der Waals surface area contributed by atoms with Gasteiger partial charge in [-0.15, -0.1) is 0 Å². The number of rotatable bonds is 5. The van der Waals surface area contributed by atoms with Crippen molar-refractivity contribution in [1.29, 1.82) is 0 Å². The first-order valence-corrected chi connectivity index (χ1v) is 9.69. The third kappa shape index (κ3) is 4.36. The van der Waals surface area contributed by atoms with E-state index in [2.05, 4.69) is 84.1 Å². The maximum absolute atomic E-state index is 4.77. The van der Waals surface area contributed by atoms with Crippen LogP contribution in [0.2, 0.25) is 0 Å². The van der Waals surface area contributed by atoms with E-state index in [4.69, 9.17) is 4.99 Å². The molecular formula is C20H32N6. The van der Waals surface area contributed by atoms with Crippen LogP contribution in [0.3, 0.4) is 0 Å². The number of guanidine groups is 1. The van der Waals surface area contributed by atoms with Crippen molar-refractivity contribution in [2.75, 3.05) is 19.6 Å². The average molecular weight is 357 g/mol. The van der Waals surface area contributed by atoms with Crippen molar-refractivity contribution >= 4 is 11.6 Å². The summed E-state index contributed by atoms with van der Waals surface area (Å²) in [7, 11) is 0. The molecule has 0 radical (unpaired) electrons. The average Bonchev–Trinajstić information content (AvgIpc) is 3.16. The Labute approximate surface area is 156 Å². The quantitative estimate of drug-likeness (QED) is 0.638. The van der Waals surface area contributed by atoms with Crippen LogP contribution in [0.1, 0.15) is 39.0 Å². The van der Waals surface area contributed by atoms with E-state index in [1.165, 1.54) is 5.56 Å². The summed E-state index contributed by atoms with van der Waals surface area (Å²) in [5, 5.41) is 7.00. The molecule has 26 heavy (non-hydrogen) atoms. The third-order valence-corrected chi connectivity index (χ3v) is 5.10. The number of aromatic nitrogens is 2. The zero-order valence-electron chi connectivity index (χ0n) is 16.7. The molecule has 0 spiro atoms. The Morgan fingerprint density at radius 3 is 2.88 bits per heavy atom. The first-order chi connectivity index (χ1) is 12.5. The molecule has 1 saturated heterocycles. The van der Waals surface area contributed by atoms with E-state index in [1.54, 1.807) is 0 Å². The number of hydrogen-bond acceptors (Lipinski definition) is 3. The van der Waals surface area contributed by atoms with Gasteiger partial charge in [-0.25, -0.2) is 9.98 Å². The van der Waals surface area contributed by atoms with E-state index in [1.807, 2.05) is 0 Å². The summed E-state index contributed by atoms with van der Waals surface area (Å²) in [5.41, 5.74) is 3.18. The number of nitrogens with zero attached hydrogens (tertiary/aromatic N) is 4. The summed E-state index contributed by atoms with van der Waals surface area (Å²) in [6, 6.07) is 5.20. The molecule has 0 bridgehead atoms. The smallest absolute Gasteiger partial charge is 0.191 e. The number of hydrogen-bond donors (Lipinski definition) is 2. The maximum atomic E-state index is 4.77. The molecule has 0 saturated carbocycles. The Morgan fingerprint density at radius 2 is 2.19 bits per heavy atom. The van der Waals surface area contributed by atoms with Gasteiger partial charge in [0.25, 0.3) is 0 Å². The second-order valence-electron chi connectivity index (χ2n) is 7.67. The highest BCUT2D eigenvalue weighted by Crippen LogP contribution is 2.18. The topological polar surface area (TPSA) is 57.0 Å². The molecule has 0 aliphatic carbocycles. The van der Waals surface area contributed by atoms with Gasteiger partial charge in [-0.3, -0.25) is 4.90 Å². The molecule has 2 atom stereocenters. The van der Waals surface area contributed by atoms with Crippen LogP contribution in [0, 0.1) is 12.8 Å². The Hall–Kier alpha value is -2.08. The van der Waals surface area contributed by atoms with Crippen molar-refractivity contribution in [1.82, 2.24) is 24.9 Å². The highest BCUT2D eigenvalue weighted by Gasteiger charge is 2.31. The van der Waals surface area contributed by atoms with Gasteiger partial charge in [0.2, 0.25) is 0 Å². The van der Waals surface area contributed by atoms with Gasteiger partial charge < -0.3 is 15.0 Å². The molecule has 2 N–H and O–H groups in total. The van der Waals surface area contributed by atoms with Crippen molar-refractivity contribution in [3.05, 3.63) is 35.8 Å². The second kappa shape index (κ2) is 8.08. The molecule has 0 aromatic carbocycles. The van der Waals surface area contributed by atoms with Crippen LogP contribution in [0.4, 0.5) is 0 Å². The third-order valence-electron chi connectivity index (χ3n) is 5.10. The number of imidazole rings is 1. The number of fused-ring (bicyclic) bond motifs is 1. The lowest BCUT2D eigenvalue weighted by Crippen LogP contribution is -2.46. The van der Waals surface area contributed by atoms with Crippen LogP contribution < -0.4 is 10.6 Å². The van der Waals surface area contributed by atoms with Gasteiger partial charge in [-0.2, -0.15) is 0 Å². The fraction of sp³-hybridized carbons (Fsp3) is 0.600. The van der Waals surface area contributed by atoms with E-state index in [0.29, 0.717) is 24.5 Å². The van der Waals surface area contributed by atoms with Gasteiger partial charge >= 0.3 is 0 Å². The SMILES string of the molecule is CCNC(=NCc1cn2ccc(C)cc2n1)NC1CN(C(C)C)CC1C. The predicted molar refractivity (Wildman–Crippen MR) is 108 cm³/mol. The molecule has 6 heteroatoms. The number of pyridine rings is 1. The summed E-state index contributed by atoms with van der Waals surface area (Å²) in [6.45, 7) is 14.7. The summed E-state index contributed by atoms with van der Waals surface area (Å²) in [4.78, 5) is 12.0.